The summed E-state index contributed by atoms with van der Waals surface area (Å²) in [7, 11) is 0. The molecule has 3 rings (SSSR count). The number of fused-ring (bicyclic) bond motifs is 1. The fraction of sp³-hybridized carbons (Fsp3) is 0.385. The number of nitrogens with zero attached hydrogens (tertiary/aromatic N) is 2. The highest BCUT2D eigenvalue weighted by Crippen LogP contribution is 2.38. The van der Waals surface area contributed by atoms with E-state index < -0.39 is 0 Å². The average molecular weight is 292 g/mol. The third-order valence-corrected chi connectivity index (χ3v) is 4.85. The molecule has 1 aromatic heterocycles. The Bertz CT molecular complexity index is 672. The molecule has 1 aliphatic carbocycles. The Kier molecular flexibility index (Phi) is 3.13. The summed E-state index contributed by atoms with van der Waals surface area (Å²) < 4.78 is 0.946. The van der Waals surface area contributed by atoms with Crippen molar-refractivity contribution in [3.05, 3.63) is 54.7 Å². The molecule has 0 spiro atoms. The topological polar surface area (TPSA) is 75.2 Å². The fourth-order valence-electron chi connectivity index (χ4n) is 2.47. The molecule has 1 aromatic rings. The van der Waals surface area contributed by atoms with Crippen LogP contribution in [0.4, 0.5) is 5.00 Å². The van der Waals surface area contributed by atoms with E-state index in [0.29, 0.717) is 35.8 Å². The minimum Gasteiger partial charge on any atom is -0.375 e. The largest absolute Gasteiger partial charge is 0.375 e. The Labute approximate surface area is 119 Å². The molecule has 0 bridgehead atoms. The SMILES string of the molecule is CCc1cc2c(s1)[N+](=O)C1=C(C=C([N+](=O)[O-])CC1)NC2. The minimum absolute atomic E-state index is 0.157. The molecule has 0 radical (unpaired) electrons. The van der Waals surface area contributed by atoms with Gasteiger partial charge in [0.1, 0.15) is 5.70 Å². The zero-order valence-electron chi connectivity index (χ0n) is 11.0. The molecule has 104 valence electrons. The van der Waals surface area contributed by atoms with E-state index >= 15 is 0 Å². The van der Waals surface area contributed by atoms with Crippen molar-refractivity contribution in [2.45, 2.75) is 32.7 Å². The Morgan fingerprint density at radius 3 is 3.00 bits per heavy atom. The molecule has 1 N–H and O–H groups in total. The summed E-state index contributed by atoms with van der Waals surface area (Å²) in [5, 5.41) is 14.7. The summed E-state index contributed by atoms with van der Waals surface area (Å²) in [6.07, 6.45) is 3.09. The quantitative estimate of drug-likeness (QED) is 0.516. The van der Waals surface area contributed by atoms with Crippen LogP contribution in [0.5, 0.6) is 0 Å². The number of nitroso groups, excluding NO2 is 1. The van der Waals surface area contributed by atoms with E-state index in [1.807, 2.05) is 6.07 Å². The van der Waals surface area contributed by atoms with Crippen LogP contribution in [-0.2, 0) is 13.0 Å². The van der Waals surface area contributed by atoms with Crippen molar-refractivity contribution in [1.82, 2.24) is 5.32 Å². The molecule has 6 nitrogen and oxygen atoms in total. The average Bonchev–Trinajstić information content (AvgIpc) is 2.82. The maximum absolute atomic E-state index is 12.5. The second-order valence-corrected chi connectivity index (χ2v) is 5.91. The molecular weight excluding hydrogens is 278 g/mol. The van der Waals surface area contributed by atoms with Crippen LogP contribution in [0.25, 0.3) is 0 Å². The lowest BCUT2D eigenvalue weighted by atomic mass is 10.1. The summed E-state index contributed by atoms with van der Waals surface area (Å²) >= 11 is 1.50. The smallest absolute Gasteiger partial charge is 0.323 e. The molecule has 2 heterocycles. The van der Waals surface area contributed by atoms with Crippen molar-refractivity contribution in [2.75, 3.05) is 0 Å². The van der Waals surface area contributed by atoms with Gasteiger partial charge in [0.25, 0.3) is 5.70 Å². The highest BCUT2D eigenvalue weighted by atomic mass is 32.1. The second kappa shape index (κ2) is 4.82. The van der Waals surface area contributed by atoms with Gasteiger partial charge in [-0.1, -0.05) is 18.3 Å². The number of hydrogen-bond donors (Lipinski definition) is 1. The van der Waals surface area contributed by atoms with Crippen LogP contribution in [0, 0.1) is 15.0 Å². The number of nitro groups is 1. The van der Waals surface area contributed by atoms with Crippen LogP contribution in [0.2, 0.25) is 0 Å². The number of hydrogen-bond acceptors (Lipinski definition) is 5. The molecule has 0 unspecified atom stereocenters. The van der Waals surface area contributed by atoms with Crippen LogP contribution in [-0.4, -0.2) is 9.68 Å². The third kappa shape index (κ3) is 2.03. The van der Waals surface area contributed by atoms with Crippen LogP contribution in [0.15, 0.2) is 29.2 Å². The predicted octanol–water partition coefficient (Wildman–Crippen LogP) is 2.99. The molecule has 2 aliphatic rings. The predicted molar refractivity (Wildman–Crippen MR) is 75.2 cm³/mol. The molecule has 1 aliphatic heterocycles. The molecular formula is C13H14N3O3S+. The molecule has 0 aromatic carbocycles. The first kappa shape index (κ1) is 13.0. The van der Waals surface area contributed by atoms with Gasteiger partial charge in [0.05, 0.1) is 15.2 Å². The van der Waals surface area contributed by atoms with Gasteiger partial charge in [-0.15, -0.1) is 0 Å². The standard InChI is InChI=1S/C13H14N3O3S/c1-2-10-5-8-7-14-11-6-9(16(18)19)3-4-12(11)15(17)13(8)20-10/h5-6,14H,2-4,7H2,1H3/q+1. The van der Waals surface area contributed by atoms with Gasteiger partial charge >= 0.3 is 5.00 Å². The van der Waals surface area contributed by atoms with E-state index in [-0.39, 0.29) is 10.6 Å². The Morgan fingerprint density at radius 1 is 1.50 bits per heavy atom. The van der Waals surface area contributed by atoms with E-state index in [0.717, 1.165) is 16.7 Å². The highest BCUT2D eigenvalue weighted by molar-refractivity contribution is 7.15. The van der Waals surface area contributed by atoms with E-state index in [1.165, 1.54) is 22.3 Å². The van der Waals surface area contributed by atoms with Gasteiger partial charge in [0.2, 0.25) is 5.70 Å². The van der Waals surface area contributed by atoms with E-state index in [1.54, 1.807) is 0 Å². The normalized spacial score (nSPS) is 17.9. The summed E-state index contributed by atoms with van der Waals surface area (Å²) in [5.41, 5.74) is 2.30. The van der Waals surface area contributed by atoms with Crippen LogP contribution in [0.1, 0.15) is 30.2 Å². The molecule has 20 heavy (non-hydrogen) atoms. The first-order valence-electron chi connectivity index (χ1n) is 6.51. The minimum atomic E-state index is -0.379. The van der Waals surface area contributed by atoms with Crippen molar-refractivity contribution in [3.63, 3.8) is 0 Å². The monoisotopic (exact) mass is 292 g/mol. The first-order chi connectivity index (χ1) is 9.60. The lowest BCUT2D eigenvalue weighted by Gasteiger charge is -2.08. The lowest BCUT2D eigenvalue weighted by molar-refractivity contribution is -0.433. The van der Waals surface area contributed by atoms with Gasteiger partial charge in [0.15, 0.2) is 0 Å². The van der Waals surface area contributed by atoms with Crippen molar-refractivity contribution in [3.8, 4) is 0 Å². The molecule has 0 saturated heterocycles. The number of allylic oxidation sites excluding steroid dienone is 3. The van der Waals surface area contributed by atoms with Crippen LogP contribution >= 0.6 is 11.3 Å². The molecule has 0 saturated carbocycles. The Balaban J connectivity index is 2.03. The van der Waals surface area contributed by atoms with Crippen LogP contribution in [0.3, 0.4) is 0 Å². The lowest BCUT2D eigenvalue weighted by Crippen LogP contribution is -2.18. The number of rotatable bonds is 2. The fourth-order valence-corrected chi connectivity index (χ4v) is 3.52. The first-order valence-corrected chi connectivity index (χ1v) is 7.32. The molecule has 0 amide bonds. The van der Waals surface area contributed by atoms with Gasteiger partial charge in [-0.3, -0.25) is 10.1 Å². The second-order valence-electron chi connectivity index (χ2n) is 4.80. The van der Waals surface area contributed by atoms with Crippen molar-refractivity contribution in [2.24, 2.45) is 0 Å². The summed E-state index contributed by atoms with van der Waals surface area (Å²) in [6, 6.07) is 2.04. The zero-order valence-corrected chi connectivity index (χ0v) is 11.8. The maximum atomic E-state index is 12.5. The number of aryl methyl sites for hydroxylation is 1. The highest BCUT2D eigenvalue weighted by Gasteiger charge is 2.37. The molecule has 0 fully saturated rings. The summed E-state index contributed by atoms with van der Waals surface area (Å²) in [5.74, 6) is 0. The van der Waals surface area contributed by atoms with Crippen molar-refractivity contribution in [1.29, 1.82) is 0 Å². The zero-order chi connectivity index (χ0) is 14.3. The Hall–Kier alpha value is -2.02. The van der Waals surface area contributed by atoms with Crippen molar-refractivity contribution < 1.29 is 9.68 Å². The molecule has 0 atom stereocenters. The van der Waals surface area contributed by atoms with Gasteiger partial charge in [-0.05, 0) is 12.5 Å². The summed E-state index contributed by atoms with van der Waals surface area (Å²) in [6.45, 7) is 2.59. The van der Waals surface area contributed by atoms with Gasteiger partial charge < -0.3 is 5.32 Å². The summed E-state index contributed by atoms with van der Waals surface area (Å²) in [4.78, 5) is 24.2. The van der Waals surface area contributed by atoms with Gasteiger partial charge in [0, 0.05) is 35.2 Å². The van der Waals surface area contributed by atoms with E-state index in [2.05, 4.69) is 12.2 Å². The van der Waals surface area contributed by atoms with E-state index in [9.17, 15) is 15.0 Å². The number of thiophene rings is 1. The third-order valence-electron chi connectivity index (χ3n) is 3.56. The van der Waals surface area contributed by atoms with Gasteiger partial charge in [-0.25, -0.2) is 0 Å². The van der Waals surface area contributed by atoms with Crippen LogP contribution < -0.4 is 5.32 Å². The van der Waals surface area contributed by atoms with E-state index in [4.69, 9.17) is 0 Å². The maximum Gasteiger partial charge on any atom is 0.323 e. The number of nitrogens with one attached hydrogen (secondary N) is 1. The molecule has 7 heteroatoms. The van der Waals surface area contributed by atoms with Gasteiger partial charge in [-0.2, -0.15) is 0 Å². The Morgan fingerprint density at radius 2 is 2.30 bits per heavy atom. The van der Waals surface area contributed by atoms with Crippen molar-refractivity contribution >= 4 is 16.3 Å².